The molecule has 0 saturated heterocycles. The molecule has 0 atom stereocenters. The van der Waals surface area contributed by atoms with Crippen LogP contribution in [-0.4, -0.2) is 0 Å². The minimum Gasteiger partial charge on any atom is -0.100 e. The van der Waals surface area contributed by atoms with Crippen molar-refractivity contribution in [2.75, 3.05) is 0 Å². The van der Waals surface area contributed by atoms with E-state index in [2.05, 4.69) is 45.2 Å². The summed E-state index contributed by atoms with van der Waals surface area (Å²) in [5, 5.41) is 0. The summed E-state index contributed by atoms with van der Waals surface area (Å²) in [6, 6.07) is 0. The van der Waals surface area contributed by atoms with E-state index < -0.39 is 0 Å². The predicted octanol–water partition coefficient (Wildman–Crippen LogP) is 5.20. The van der Waals surface area contributed by atoms with Gasteiger partial charge in [0.2, 0.25) is 0 Å². The monoisotopic (exact) mass is 204 g/mol. The summed E-state index contributed by atoms with van der Waals surface area (Å²) in [6.45, 7) is 14.0. The molecule has 0 aliphatic rings. The molecule has 84 valence electrons. The predicted molar refractivity (Wildman–Crippen MR) is 71.0 cm³/mol. The van der Waals surface area contributed by atoms with E-state index in [1.807, 2.05) is 6.92 Å². The van der Waals surface area contributed by atoms with Crippen molar-refractivity contribution >= 4 is 0 Å². The van der Waals surface area contributed by atoms with E-state index in [-0.39, 0.29) is 0 Å². The minimum absolute atomic E-state index is 1.04. The van der Waals surface area contributed by atoms with Gasteiger partial charge in [0.25, 0.3) is 0 Å². The molecule has 0 N–H and O–H groups in total. The maximum absolute atomic E-state index is 3.90. The molecule has 0 amide bonds. The lowest BCUT2D eigenvalue weighted by molar-refractivity contribution is 0.828. The number of rotatable bonds is 7. The molecule has 0 heteroatoms. The van der Waals surface area contributed by atoms with Crippen molar-refractivity contribution in [1.82, 2.24) is 0 Å². The average molecular weight is 204 g/mol. The molecule has 0 bridgehead atoms. The van der Waals surface area contributed by atoms with Gasteiger partial charge in [-0.3, -0.25) is 0 Å². The zero-order chi connectivity index (χ0) is 11.7. The van der Waals surface area contributed by atoms with Crippen LogP contribution in [0, 0.1) is 0 Å². The van der Waals surface area contributed by atoms with Gasteiger partial charge in [-0.05, 0) is 46.5 Å². The number of hydrogen-bond acceptors (Lipinski definition) is 0. The van der Waals surface area contributed by atoms with E-state index in [0.717, 1.165) is 18.4 Å². The molecule has 0 heterocycles. The fraction of sp³-hybridized carbons (Fsp3) is 0.467. The van der Waals surface area contributed by atoms with Crippen LogP contribution >= 0.6 is 0 Å². The minimum atomic E-state index is 1.04. The Bertz CT molecular complexity index is 264. The molecule has 0 aromatic rings. The molecular formula is C15H24. The van der Waals surface area contributed by atoms with Gasteiger partial charge in [-0.1, -0.05) is 41.5 Å². The molecule has 0 radical (unpaired) electrons. The van der Waals surface area contributed by atoms with Crippen molar-refractivity contribution in [3.05, 3.63) is 48.1 Å². The van der Waals surface area contributed by atoms with Crippen LogP contribution in [0.1, 0.15) is 46.5 Å². The Balaban J connectivity index is 3.70. The Morgan fingerprint density at radius 2 is 1.80 bits per heavy atom. The third-order valence-corrected chi connectivity index (χ3v) is 2.14. The first kappa shape index (κ1) is 14.0. The van der Waals surface area contributed by atoms with E-state index in [4.69, 9.17) is 0 Å². The van der Waals surface area contributed by atoms with Gasteiger partial charge in [0, 0.05) is 0 Å². The van der Waals surface area contributed by atoms with Crippen molar-refractivity contribution < 1.29 is 0 Å². The van der Waals surface area contributed by atoms with Crippen molar-refractivity contribution in [3.8, 4) is 0 Å². The van der Waals surface area contributed by atoms with Gasteiger partial charge in [-0.25, -0.2) is 0 Å². The third-order valence-electron chi connectivity index (χ3n) is 2.14. The number of unbranched alkanes of at least 4 members (excludes halogenated alkanes) is 1. The largest absolute Gasteiger partial charge is 0.100 e. The highest BCUT2D eigenvalue weighted by atomic mass is 13.9. The molecule has 0 saturated carbocycles. The molecule has 15 heavy (non-hydrogen) atoms. The van der Waals surface area contributed by atoms with Crippen LogP contribution in [0.5, 0.6) is 0 Å². The van der Waals surface area contributed by atoms with Gasteiger partial charge in [-0.2, -0.15) is 0 Å². The Labute approximate surface area is 95.1 Å². The Kier molecular flexibility index (Phi) is 7.71. The fourth-order valence-corrected chi connectivity index (χ4v) is 1.28. The molecule has 0 rings (SSSR count). The maximum atomic E-state index is 3.90. The topological polar surface area (TPSA) is 0 Å². The highest BCUT2D eigenvalue weighted by Gasteiger charge is 1.88. The maximum Gasteiger partial charge on any atom is -0.0138 e. The summed E-state index contributed by atoms with van der Waals surface area (Å²) in [4.78, 5) is 0. The van der Waals surface area contributed by atoms with Crippen LogP contribution in [-0.2, 0) is 0 Å². The molecule has 0 unspecified atom stereocenters. The Hall–Kier alpha value is -1.04. The molecule has 0 nitrogen and oxygen atoms in total. The lowest BCUT2D eigenvalue weighted by Gasteiger charge is -1.98. The lowest BCUT2D eigenvalue weighted by Crippen LogP contribution is -1.78. The molecule has 0 aliphatic carbocycles. The second kappa shape index (κ2) is 8.28. The van der Waals surface area contributed by atoms with Crippen molar-refractivity contribution in [2.45, 2.75) is 46.5 Å². The molecule has 0 fully saturated rings. The first-order valence-corrected chi connectivity index (χ1v) is 5.64. The molecular weight excluding hydrogens is 180 g/mol. The third kappa shape index (κ3) is 10.9. The van der Waals surface area contributed by atoms with Gasteiger partial charge in [0.05, 0.1) is 0 Å². The second-order valence-corrected chi connectivity index (χ2v) is 4.35. The average Bonchev–Trinajstić information content (AvgIpc) is 2.11. The zero-order valence-corrected chi connectivity index (χ0v) is 10.5. The van der Waals surface area contributed by atoms with E-state index in [1.54, 1.807) is 0 Å². The van der Waals surface area contributed by atoms with Crippen LogP contribution in [0.4, 0.5) is 0 Å². The highest BCUT2D eigenvalue weighted by Crippen LogP contribution is 2.09. The second-order valence-electron chi connectivity index (χ2n) is 4.35. The SMILES string of the molecule is C=C(C)/C=C/C/C(C)=C/CCCC(=C)C. The summed E-state index contributed by atoms with van der Waals surface area (Å²) in [5.74, 6) is 0. The zero-order valence-electron chi connectivity index (χ0n) is 10.5. The van der Waals surface area contributed by atoms with E-state index >= 15 is 0 Å². The quantitative estimate of drug-likeness (QED) is 0.304. The normalized spacial score (nSPS) is 12.1. The van der Waals surface area contributed by atoms with E-state index in [0.29, 0.717) is 0 Å². The van der Waals surface area contributed by atoms with Gasteiger partial charge in [-0.15, -0.1) is 6.58 Å². The molecule has 0 aromatic carbocycles. The smallest absolute Gasteiger partial charge is 0.0138 e. The summed E-state index contributed by atoms with van der Waals surface area (Å²) in [6.07, 6.45) is 11.1. The fourth-order valence-electron chi connectivity index (χ4n) is 1.28. The molecule has 0 aliphatic heterocycles. The molecule has 0 aromatic heterocycles. The molecule has 0 spiro atoms. The number of hydrogen-bond donors (Lipinski definition) is 0. The van der Waals surface area contributed by atoms with Crippen molar-refractivity contribution in [1.29, 1.82) is 0 Å². The van der Waals surface area contributed by atoms with Crippen LogP contribution in [0.15, 0.2) is 48.1 Å². The van der Waals surface area contributed by atoms with Crippen LogP contribution in [0.3, 0.4) is 0 Å². The van der Waals surface area contributed by atoms with Crippen LogP contribution in [0.2, 0.25) is 0 Å². The summed E-state index contributed by atoms with van der Waals surface area (Å²) in [7, 11) is 0. The Morgan fingerprint density at radius 1 is 1.13 bits per heavy atom. The Morgan fingerprint density at radius 3 is 2.33 bits per heavy atom. The van der Waals surface area contributed by atoms with Crippen LogP contribution < -0.4 is 0 Å². The van der Waals surface area contributed by atoms with Crippen molar-refractivity contribution in [3.63, 3.8) is 0 Å². The van der Waals surface area contributed by atoms with E-state index in [9.17, 15) is 0 Å². The van der Waals surface area contributed by atoms with Gasteiger partial charge >= 0.3 is 0 Å². The van der Waals surface area contributed by atoms with Crippen molar-refractivity contribution in [2.24, 2.45) is 0 Å². The highest BCUT2D eigenvalue weighted by molar-refractivity contribution is 5.14. The first-order chi connectivity index (χ1) is 7.02. The van der Waals surface area contributed by atoms with Crippen LogP contribution in [0.25, 0.3) is 0 Å². The standard InChI is InChI=1S/C15H24/c1-13(2)9-6-7-11-15(5)12-8-10-14(3)4/h8,10-11H,1,3,6-7,9,12H2,2,4-5H3/b10-8+,15-11+. The van der Waals surface area contributed by atoms with Gasteiger partial charge < -0.3 is 0 Å². The first-order valence-electron chi connectivity index (χ1n) is 5.64. The summed E-state index contributed by atoms with van der Waals surface area (Å²) in [5.41, 5.74) is 3.84. The lowest BCUT2D eigenvalue weighted by atomic mass is 10.1. The van der Waals surface area contributed by atoms with Gasteiger partial charge in [0.15, 0.2) is 0 Å². The summed E-state index contributed by atoms with van der Waals surface area (Å²) >= 11 is 0. The summed E-state index contributed by atoms with van der Waals surface area (Å²) < 4.78 is 0. The van der Waals surface area contributed by atoms with Gasteiger partial charge in [0.1, 0.15) is 0 Å². The van der Waals surface area contributed by atoms with E-state index in [1.165, 1.54) is 24.0 Å². The number of allylic oxidation sites excluding steroid dienone is 6.